The first-order valence-electron chi connectivity index (χ1n) is 6.44. The minimum atomic E-state index is -0.510. The molecule has 114 valence electrons. The molecule has 1 aromatic heterocycles. The third kappa shape index (κ3) is 6.11. The minimum absolute atomic E-state index is 0.136. The second-order valence-corrected chi connectivity index (χ2v) is 7.43. The number of carbonyl (C=O) groups excluding carboxylic acids is 1. The van der Waals surface area contributed by atoms with Crippen molar-refractivity contribution in [3.8, 4) is 0 Å². The summed E-state index contributed by atoms with van der Waals surface area (Å²) in [5.41, 5.74) is 0.622. The summed E-state index contributed by atoms with van der Waals surface area (Å²) in [7, 11) is 1.61. The van der Waals surface area contributed by atoms with Gasteiger partial charge in [0.05, 0.1) is 17.0 Å². The minimum Gasteiger partial charge on any atom is -0.444 e. The zero-order valence-corrected chi connectivity index (χ0v) is 14.2. The number of hydrogen-bond donors (Lipinski definition) is 1. The standard InChI is InChI=1S/C14H22ClNO3S/c1-9-6-12(15)20-11(9)7-10(8-18-5)16-13(17)19-14(2,3)4/h6,10H,7-8H2,1-5H3,(H,16,17)/t10-/m1/s1. The maximum Gasteiger partial charge on any atom is 0.407 e. The van der Waals surface area contributed by atoms with Crippen LogP contribution < -0.4 is 5.32 Å². The van der Waals surface area contributed by atoms with E-state index in [4.69, 9.17) is 21.1 Å². The Balaban J connectivity index is 2.65. The van der Waals surface area contributed by atoms with Gasteiger partial charge < -0.3 is 14.8 Å². The average Bonchev–Trinajstić information content (AvgIpc) is 2.54. The number of carbonyl (C=O) groups is 1. The number of halogens is 1. The molecular formula is C14H22ClNO3S. The summed E-state index contributed by atoms with van der Waals surface area (Å²) in [5.74, 6) is 0. The van der Waals surface area contributed by atoms with Crippen molar-refractivity contribution in [3.05, 3.63) is 20.8 Å². The van der Waals surface area contributed by atoms with Crippen molar-refractivity contribution in [1.82, 2.24) is 5.32 Å². The highest BCUT2D eigenvalue weighted by atomic mass is 35.5. The Labute approximate surface area is 129 Å². The Morgan fingerprint density at radius 2 is 2.15 bits per heavy atom. The first-order valence-corrected chi connectivity index (χ1v) is 7.64. The van der Waals surface area contributed by atoms with E-state index in [2.05, 4.69) is 5.32 Å². The number of nitrogens with one attached hydrogen (secondary N) is 1. The van der Waals surface area contributed by atoms with Crippen LogP contribution in [0, 0.1) is 6.92 Å². The topological polar surface area (TPSA) is 47.6 Å². The molecule has 0 radical (unpaired) electrons. The van der Waals surface area contributed by atoms with Crippen LogP contribution in [0.2, 0.25) is 4.34 Å². The summed E-state index contributed by atoms with van der Waals surface area (Å²) in [6.07, 6.45) is 0.246. The van der Waals surface area contributed by atoms with E-state index in [9.17, 15) is 4.79 Å². The predicted octanol–water partition coefficient (Wildman–Crippen LogP) is 3.79. The van der Waals surface area contributed by atoms with E-state index in [1.165, 1.54) is 11.3 Å². The lowest BCUT2D eigenvalue weighted by atomic mass is 10.1. The van der Waals surface area contributed by atoms with Gasteiger partial charge in [-0.3, -0.25) is 0 Å². The highest BCUT2D eigenvalue weighted by molar-refractivity contribution is 7.16. The van der Waals surface area contributed by atoms with E-state index in [1.54, 1.807) is 7.11 Å². The molecule has 1 atom stereocenters. The number of aryl methyl sites for hydroxylation is 1. The summed E-state index contributed by atoms with van der Waals surface area (Å²) < 4.78 is 11.2. The Morgan fingerprint density at radius 3 is 2.60 bits per heavy atom. The molecule has 0 aliphatic heterocycles. The zero-order valence-electron chi connectivity index (χ0n) is 12.6. The number of hydrogen-bond acceptors (Lipinski definition) is 4. The summed E-state index contributed by atoms with van der Waals surface area (Å²) in [6.45, 7) is 7.94. The molecule has 0 saturated heterocycles. The molecule has 1 heterocycles. The molecule has 0 bridgehead atoms. The number of rotatable bonds is 5. The molecule has 1 amide bonds. The lowest BCUT2D eigenvalue weighted by Crippen LogP contribution is -2.42. The highest BCUT2D eigenvalue weighted by Crippen LogP contribution is 2.27. The lowest BCUT2D eigenvalue weighted by molar-refractivity contribution is 0.0469. The van der Waals surface area contributed by atoms with Crippen LogP contribution >= 0.6 is 22.9 Å². The second kappa shape index (κ2) is 7.29. The first kappa shape index (κ1) is 17.3. The van der Waals surface area contributed by atoms with Crippen LogP contribution in [0.15, 0.2) is 6.07 Å². The summed E-state index contributed by atoms with van der Waals surface area (Å²) in [6, 6.07) is 1.79. The first-order chi connectivity index (χ1) is 9.21. The van der Waals surface area contributed by atoms with Crippen LogP contribution in [-0.4, -0.2) is 31.5 Å². The van der Waals surface area contributed by atoms with Crippen molar-refractivity contribution >= 4 is 29.0 Å². The van der Waals surface area contributed by atoms with Crippen molar-refractivity contribution in [2.75, 3.05) is 13.7 Å². The smallest absolute Gasteiger partial charge is 0.407 e. The molecule has 1 N–H and O–H groups in total. The number of ether oxygens (including phenoxy) is 2. The van der Waals surface area contributed by atoms with E-state index in [-0.39, 0.29) is 6.04 Å². The van der Waals surface area contributed by atoms with Crippen LogP contribution in [0.1, 0.15) is 31.2 Å². The van der Waals surface area contributed by atoms with Crippen molar-refractivity contribution in [1.29, 1.82) is 0 Å². The largest absolute Gasteiger partial charge is 0.444 e. The van der Waals surface area contributed by atoms with Crippen molar-refractivity contribution in [2.45, 2.75) is 45.8 Å². The van der Waals surface area contributed by atoms with Gasteiger partial charge in [0, 0.05) is 18.4 Å². The molecule has 1 aromatic rings. The van der Waals surface area contributed by atoms with Crippen LogP contribution in [0.4, 0.5) is 4.79 Å². The van der Waals surface area contributed by atoms with Gasteiger partial charge in [0.25, 0.3) is 0 Å². The average molecular weight is 320 g/mol. The van der Waals surface area contributed by atoms with Gasteiger partial charge in [-0.1, -0.05) is 11.6 Å². The number of alkyl carbamates (subject to hydrolysis) is 1. The fraction of sp³-hybridized carbons (Fsp3) is 0.643. The fourth-order valence-corrected chi connectivity index (χ4v) is 3.15. The summed E-state index contributed by atoms with van der Waals surface area (Å²) in [5, 5.41) is 2.84. The summed E-state index contributed by atoms with van der Waals surface area (Å²) >= 11 is 7.52. The lowest BCUT2D eigenvalue weighted by Gasteiger charge is -2.23. The highest BCUT2D eigenvalue weighted by Gasteiger charge is 2.20. The van der Waals surface area contributed by atoms with E-state index >= 15 is 0 Å². The monoisotopic (exact) mass is 319 g/mol. The second-order valence-electron chi connectivity index (χ2n) is 5.66. The normalized spacial score (nSPS) is 13.1. The molecule has 4 nitrogen and oxygen atoms in total. The van der Waals surface area contributed by atoms with Crippen molar-refractivity contribution in [3.63, 3.8) is 0 Å². The van der Waals surface area contributed by atoms with Gasteiger partial charge in [0.2, 0.25) is 0 Å². The van der Waals surface area contributed by atoms with Gasteiger partial charge in [0.15, 0.2) is 0 Å². The van der Waals surface area contributed by atoms with Gasteiger partial charge >= 0.3 is 6.09 Å². The molecule has 20 heavy (non-hydrogen) atoms. The molecule has 0 aromatic carbocycles. The molecule has 0 unspecified atom stereocenters. The third-order valence-electron chi connectivity index (χ3n) is 2.51. The number of methoxy groups -OCH3 is 1. The molecule has 0 saturated carbocycles. The number of amides is 1. The molecular weight excluding hydrogens is 298 g/mol. The fourth-order valence-electron chi connectivity index (χ4n) is 1.73. The molecule has 0 spiro atoms. The molecule has 0 fully saturated rings. The van der Waals surface area contributed by atoms with Crippen molar-refractivity contribution < 1.29 is 14.3 Å². The van der Waals surface area contributed by atoms with Gasteiger partial charge in [-0.25, -0.2) is 4.79 Å². The third-order valence-corrected chi connectivity index (χ3v) is 3.90. The van der Waals surface area contributed by atoms with E-state index in [0.29, 0.717) is 13.0 Å². The van der Waals surface area contributed by atoms with Crippen LogP contribution in [0.5, 0.6) is 0 Å². The maximum atomic E-state index is 11.8. The van der Waals surface area contributed by atoms with E-state index in [0.717, 1.165) is 14.8 Å². The maximum absolute atomic E-state index is 11.8. The Hall–Kier alpha value is -0.780. The Morgan fingerprint density at radius 1 is 1.50 bits per heavy atom. The molecule has 0 aliphatic carbocycles. The van der Waals surface area contributed by atoms with Gasteiger partial charge in [-0.15, -0.1) is 11.3 Å². The van der Waals surface area contributed by atoms with Crippen LogP contribution in [-0.2, 0) is 15.9 Å². The van der Waals surface area contributed by atoms with E-state index < -0.39 is 11.7 Å². The molecule has 1 rings (SSSR count). The van der Waals surface area contributed by atoms with E-state index in [1.807, 2.05) is 33.8 Å². The Bertz CT molecular complexity index is 454. The number of thiophene rings is 1. The predicted molar refractivity (Wildman–Crippen MR) is 82.8 cm³/mol. The Kier molecular flexibility index (Phi) is 6.30. The van der Waals surface area contributed by atoms with Gasteiger partial charge in [-0.2, -0.15) is 0 Å². The SMILES string of the molecule is COC[C@@H](Cc1sc(Cl)cc1C)NC(=O)OC(C)(C)C. The molecule has 6 heteroatoms. The van der Waals surface area contributed by atoms with Crippen molar-refractivity contribution in [2.24, 2.45) is 0 Å². The molecule has 0 aliphatic rings. The zero-order chi connectivity index (χ0) is 15.3. The van der Waals surface area contributed by atoms with Gasteiger partial charge in [-0.05, 0) is 39.3 Å². The van der Waals surface area contributed by atoms with Crippen LogP contribution in [0.25, 0.3) is 0 Å². The van der Waals surface area contributed by atoms with Crippen LogP contribution in [0.3, 0.4) is 0 Å². The summed E-state index contributed by atoms with van der Waals surface area (Å²) in [4.78, 5) is 13.0. The quantitative estimate of drug-likeness (QED) is 0.898. The van der Waals surface area contributed by atoms with Gasteiger partial charge in [0.1, 0.15) is 5.60 Å².